The van der Waals surface area contributed by atoms with Crippen molar-refractivity contribution < 1.29 is 31.2 Å². The number of benzene rings is 1. The normalized spacial score (nSPS) is 18.7. The highest BCUT2D eigenvalue weighted by Gasteiger charge is 2.49. The SMILES string of the molecule is [2H]C([2H])([2H])C(=O)N1C[C@@H](Nc2nc(OC)c3c(-c4ccc(N=N)c(NCC(F)F)c4)ccn3n2)C(F)(F)C1. The van der Waals surface area contributed by atoms with E-state index in [1.165, 1.54) is 30.0 Å². The van der Waals surface area contributed by atoms with Gasteiger partial charge in [0, 0.05) is 29.3 Å². The van der Waals surface area contributed by atoms with E-state index in [9.17, 15) is 22.4 Å². The van der Waals surface area contributed by atoms with E-state index in [0.29, 0.717) is 21.5 Å². The summed E-state index contributed by atoms with van der Waals surface area (Å²) in [5, 5.41) is 12.5. The Morgan fingerprint density at radius 2 is 2.23 bits per heavy atom. The van der Waals surface area contributed by atoms with Crippen LogP contribution in [0.3, 0.4) is 0 Å². The summed E-state index contributed by atoms with van der Waals surface area (Å²) in [5.74, 6) is -5.10. The second-order valence-electron chi connectivity index (χ2n) is 7.73. The number of aromatic nitrogens is 3. The van der Waals surface area contributed by atoms with Crippen molar-refractivity contribution in [2.24, 2.45) is 5.11 Å². The lowest BCUT2D eigenvalue weighted by Gasteiger charge is -2.19. The van der Waals surface area contributed by atoms with Crippen LogP contribution < -0.4 is 15.4 Å². The lowest BCUT2D eigenvalue weighted by Crippen LogP contribution is -2.38. The van der Waals surface area contributed by atoms with E-state index in [-0.39, 0.29) is 23.2 Å². The Morgan fingerprint density at radius 1 is 1.43 bits per heavy atom. The average molecular weight is 497 g/mol. The Labute approximate surface area is 201 Å². The lowest BCUT2D eigenvalue weighted by molar-refractivity contribution is -0.129. The highest BCUT2D eigenvalue weighted by molar-refractivity contribution is 5.87. The molecule has 186 valence electrons. The zero-order chi connectivity index (χ0) is 27.8. The molecule has 1 aromatic carbocycles. The van der Waals surface area contributed by atoms with Gasteiger partial charge in [0.15, 0.2) is 0 Å². The van der Waals surface area contributed by atoms with E-state index in [0.717, 1.165) is 0 Å². The molecule has 3 heterocycles. The fourth-order valence-corrected chi connectivity index (χ4v) is 3.80. The van der Waals surface area contributed by atoms with Crippen molar-refractivity contribution in [3.05, 3.63) is 30.5 Å². The number of halogens is 4. The fourth-order valence-electron chi connectivity index (χ4n) is 3.80. The highest BCUT2D eigenvalue weighted by Crippen LogP contribution is 2.36. The molecule has 0 aliphatic carbocycles. The van der Waals surface area contributed by atoms with Gasteiger partial charge in [0.05, 0.1) is 25.9 Å². The van der Waals surface area contributed by atoms with Gasteiger partial charge >= 0.3 is 0 Å². The molecule has 0 unspecified atom stereocenters. The van der Waals surface area contributed by atoms with Gasteiger partial charge in [-0.1, -0.05) is 6.07 Å². The van der Waals surface area contributed by atoms with E-state index in [2.05, 4.69) is 25.8 Å². The van der Waals surface area contributed by atoms with Crippen molar-refractivity contribution in [2.75, 3.05) is 37.4 Å². The average Bonchev–Trinajstić information content (AvgIpc) is 3.41. The third kappa shape index (κ3) is 4.81. The zero-order valence-electron chi connectivity index (χ0n) is 21.2. The standard InChI is InChI=1S/C21H22F4N8O2/c1-11(34)32-9-16(21(24,25)10-32)28-20-29-19(35-2)18-13(5-6-33(18)31-20)12-3-4-14(30-26)15(7-12)27-8-17(22)23/h3-7,16-17,26-27H,8-10H2,1-2H3,(H,28,31)/t16-/m1/s1/i1D3. The molecule has 0 radical (unpaired) electrons. The molecule has 0 spiro atoms. The summed E-state index contributed by atoms with van der Waals surface area (Å²) >= 11 is 0. The minimum atomic E-state index is -3.46. The number of nitrogens with zero attached hydrogens (tertiary/aromatic N) is 5. The molecule has 0 saturated carbocycles. The molecular formula is C21H22F4N8O2. The molecule has 3 aromatic rings. The van der Waals surface area contributed by atoms with E-state index < -0.39 is 50.8 Å². The van der Waals surface area contributed by atoms with Crippen LogP contribution in [-0.4, -0.2) is 70.5 Å². The Bertz CT molecular complexity index is 1370. The van der Waals surface area contributed by atoms with Crippen LogP contribution in [0.15, 0.2) is 35.6 Å². The molecule has 3 N–H and O–H groups in total. The number of nitrogens with one attached hydrogen (secondary N) is 3. The van der Waals surface area contributed by atoms with Crippen molar-refractivity contribution in [3.8, 4) is 17.0 Å². The molecular weight excluding hydrogens is 472 g/mol. The number of carbonyl (C=O) groups is 1. The van der Waals surface area contributed by atoms with E-state index in [4.69, 9.17) is 14.4 Å². The predicted molar refractivity (Wildman–Crippen MR) is 119 cm³/mol. The first kappa shape index (κ1) is 20.4. The predicted octanol–water partition coefficient (Wildman–Crippen LogP) is 4.02. The number of ether oxygens (including phenoxy) is 1. The van der Waals surface area contributed by atoms with Crippen LogP contribution in [0.5, 0.6) is 5.88 Å². The molecule has 1 atom stereocenters. The third-order valence-electron chi connectivity index (χ3n) is 5.45. The smallest absolute Gasteiger partial charge is 0.286 e. The maximum atomic E-state index is 14.6. The number of carbonyl (C=O) groups excluding carboxylic acids is 1. The van der Waals surface area contributed by atoms with Crippen LogP contribution >= 0.6 is 0 Å². The van der Waals surface area contributed by atoms with Crippen molar-refractivity contribution in [1.82, 2.24) is 19.5 Å². The topological polar surface area (TPSA) is 120 Å². The summed E-state index contributed by atoms with van der Waals surface area (Å²) in [5.41, 5.74) is 9.00. The number of alkyl halides is 4. The van der Waals surface area contributed by atoms with Crippen molar-refractivity contribution in [3.63, 3.8) is 0 Å². The maximum Gasteiger partial charge on any atom is 0.286 e. The Balaban J connectivity index is 1.65. The largest absolute Gasteiger partial charge is 0.479 e. The minimum Gasteiger partial charge on any atom is -0.479 e. The van der Waals surface area contributed by atoms with Crippen molar-refractivity contribution >= 4 is 28.7 Å². The molecule has 1 aliphatic rings. The summed E-state index contributed by atoms with van der Waals surface area (Å²) in [7, 11) is 1.31. The number of methoxy groups -OCH3 is 1. The summed E-state index contributed by atoms with van der Waals surface area (Å²) in [4.78, 5) is 16.7. The molecule has 35 heavy (non-hydrogen) atoms. The molecule has 1 saturated heterocycles. The number of rotatable bonds is 8. The van der Waals surface area contributed by atoms with Gasteiger partial charge < -0.3 is 20.3 Å². The monoisotopic (exact) mass is 497 g/mol. The van der Waals surface area contributed by atoms with E-state index in [1.54, 1.807) is 12.1 Å². The van der Waals surface area contributed by atoms with E-state index >= 15 is 0 Å². The quantitative estimate of drug-likeness (QED) is 0.319. The van der Waals surface area contributed by atoms with Gasteiger partial charge in [-0.15, -0.1) is 5.10 Å². The van der Waals surface area contributed by atoms with Crippen LogP contribution in [0.4, 0.5) is 34.9 Å². The Kier molecular flexibility index (Phi) is 5.45. The summed E-state index contributed by atoms with van der Waals surface area (Å²) in [6.07, 6.45) is -1.12. The van der Waals surface area contributed by atoms with Gasteiger partial charge in [-0.2, -0.15) is 10.1 Å². The van der Waals surface area contributed by atoms with Gasteiger partial charge in [0.2, 0.25) is 17.7 Å². The first-order chi connectivity index (χ1) is 17.8. The molecule has 0 bridgehead atoms. The van der Waals surface area contributed by atoms with Crippen LogP contribution in [0.25, 0.3) is 16.6 Å². The van der Waals surface area contributed by atoms with Crippen LogP contribution in [-0.2, 0) is 4.79 Å². The first-order valence-corrected chi connectivity index (χ1v) is 10.2. The lowest BCUT2D eigenvalue weighted by atomic mass is 10.1. The molecule has 4 rings (SSSR count). The third-order valence-corrected chi connectivity index (χ3v) is 5.45. The molecule has 1 aliphatic heterocycles. The summed E-state index contributed by atoms with van der Waals surface area (Å²) in [6.45, 7) is -5.35. The number of hydrogen-bond donors (Lipinski definition) is 3. The number of anilines is 2. The van der Waals surface area contributed by atoms with Gasteiger partial charge in [-0.05, 0) is 23.8 Å². The number of likely N-dealkylation sites (tertiary alicyclic amines) is 1. The molecule has 10 nitrogen and oxygen atoms in total. The minimum absolute atomic E-state index is 0.00409. The van der Waals surface area contributed by atoms with Gasteiger partial charge in [0.1, 0.15) is 17.2 Å². The van der Waals surface area contributed by atoms with Crippen LogP contribution in [0.2, 0.25) is 0 Å². The second-order valence-corrected chi connectivity index (χ2v) is 7.73. The number of fused-ring (bicyclic) bond motifs is 1. The van der Waals surface area contributed by atoms with Gasteiger partial charge in [-0.3, -0.25) is 4.79 Å². The fraction of sp³-hybridized carbons (Fsp3) is 0.381. The number of hydrogen-bond acceptors (Lipinski definition) is 8. The zero-order valence-corrected chi connectivity index (χ0v) is 18.2. The Morgan fingerprint density at radius 3 is 2.91 bits per heavy atom. The molecule has 1 amide bonds. The van der Waals surface area contributed by atoms with Crippen molar-refractivity contribution in [2.45, 2.75) is 25.2 Å². The highest BCUT2D eigenvalue weighted by atomic mass is 19.3. The van der Waals surface area contributed by atoms with Gasteiger partial charge in [-0.25, -0.2) is 27.6 Å². The summed E-state index contributed by atoms with van der Waals surface area (Å²) in [6, 6.07) is 4.57. The Hall–Kier alpha value is -3.97. The summed E-state index contributed by atoms with van der Waals surface area (Å²) < 4.78 is 82.9. The maximum absolute atomic E-state index is 14.6. The van der Waals surface area contributed by atoms with Crippen LogP contribution in [0.1, 0.15) is 11.0 Å². The molecule has 1 fully saturated rings. The molecule has 14 heteroatoms. The van der Waals surface area contributed by atoms with Crippen molar-refractivity contribution in [1.29, 1.82) is 5.53 Å². The first-order valence-electron chi connectivity index (χ1n) is 11.7. The number of amides is 1. The van der Waals surface area contributed by atoms with E-state index in [1.807, 2.05) is 0 Å². The van der Waals surface area contributed by atoms with Gasteiger partial charge in [0.25, 0.3) is 12.3 Å². The molecule has 2 aromatic heterocycles. The second kappa shape index (κ2) is 9.35. The van der Waals surface area contributed by atoms with Crippen LogP contribution in [0, 0.1) is 5.53 Å².